The van der Waals surface area contributed by atoms with Gasteiger partial charge in [-0.1, -0.05) is 6.07 Å². The van der Waals surface area contributed by atoms with Gasteiger partial charge in [0.25, 0.3) is 11.7 Å². The van der Waals surface area contributed by atoms with Crippen LogP contribution in [0.1, 0.15) is 30.0 Å². The lowest BCUT2D eigenvalue weighted by atomic mass is 9.95. The first kappa shape index (κ1) is 22.8. The van der Waals surface area contributed by atoms with Gasteiger partial charge in [-0.2, -0.15) is 0 Å². The van der Waals surface area contributed by atoms with Crippen LogP contribution in [0.3, 0.4) is 0 Å². The molecule has 0 bridgehead atoms. The van der Waals surface area contributed by atoms with E-state index < -0.39 is 35.3 Å². The number of carboxylic acid groups (broad SMARTS) is 1. The summed E-state index contributed by atoms with van der Waals surface area (Å²) in [6.07, 6.45) is -0.0810. The molecule has 2 aromatic rings. The number of aliphatic carboxylic acids is 1. The van der Waals surface area contributed by atoms with E-state index in [2.05, 4.69) is 0 Å². The normalized spacial score (nSPS) is 17.5. The average molecular weight is 443 g/mol. The van der Waals surface area contributed by atoms with Gasteiger partial charge in [-0.15, -0.1) is 0 Å². The van der Waals surface area contributed by atoms with Crippen molar-refractivity contribution >= 4 is 23.4 Å². The smallest absolute Gasteiger partial charge is 0.303 e. The fourth-order valence-corrected chi connectivity index (χ4v) is 3.64. The van der Waals surface area contributed by atoms with Crippen LogP contribution in [0.15, 0.2) is 48.0 Å². The summed E-state index contributed by atoms with van der Waals surface area (Å²) in [5.74, 6) is -3.01. The second-order valence-corrected chi connectivity index (χ2v) is 7.11. The molecule has 1 aliphatic heterocycles. The number of hydrogen-bond donors (Lipinski definition) is 2. The molecule has 0 spiro atoms. The second kappa shape index (κ2) is 9.51. The molecule has 1 unspecified atom stereocenters. The average Bonchev–Trinajstić information content (AvgIpc) is 3.03. The quantitative estimate of drug-likeness (QED) is 0.366. The van der Waals surface area contributed by atoms with Crippen LogP contribution in [0.25, 0.3) is 5.76 Å². The topological polar surface area (TPSA) is 113 Å². The summed E-state index contributed by atoms with van der Waals surface area (Å²) in [6.45, 7) is -0.0178. The van der Waals surface area contributed by atoms with E-state index >= 15 is 0 Å². The Morgan fingerprint density at radius 1 is 1.03 bits per heavy atom. The molecule has 1 atom stereocenters. The van der Waals surface area contributed by atoms with Crippen LogP contribution < -0.4 is 9.47 Å². The predicted octanol–water partition coefficient (Wildman–Crippen LogP) is 3.13. The Bertz CT molecular complexity index is 1080. The number of carboxylic acids is 1. The van der Waals surface area contributed by atoms with Gasteiger partial charge >= 0.3 is 5.97 Å². The van der Waals surface area contributed by atoms with Gasteiger partial charge in [0, 0.05) is 18.5 Å². The zero-order chi connectivity index (χ0) is 23.4. The molecule has 3 rings (SSSR count). The van der Waals surface area contributed by atoms with Gasteiger partial charge in [0.1, 0.15) is 11.6 Å². The lowest BCUT2D eigenvalue weighted by Gasteiger charge is -2.25. The minimum Gasteiger partial charge on any atom is -0.507 e. The number of methoxy groups -OCH3 is 2. The molecule has 1 aliphatic rings. The van der Waals surface area contributed by atoms with Gasteiger partial charge < -0.3 is 24.6 Å². The third-order valence-electron chi connectivity index (χ3n) is 5.17. The van der Waals surface area contributed by atoms with E-state index in [4.69, 9.17) is 14.6 Å². The summed E-state index contributed by atoms with van der Waals surface area (Å²) in [4.78, 5) is 37.9. The van der Waals surface area contributed by atoms with E-state index in [0.29, 0.717) is 17.1 Å². The minimum atomic E-state index is -1.03. The summed E-state index contributed by atoms with van der Waals surface area (Å²) in [5.41, 5.74) is 0.449. The number of carbonyl (C=O) groups is 3. The highest BCUT2D eigenvalue weighted by atomic mass is 19.1. The first-order chi connectivity index (χ1) is 15.3. The fraction of sp³-hybridized carbons (Fsp3) is 0.261. The Hall–Kier alpha value is -3.88. The van der Waals surface area contributed by atoms with Crippen molar-refractivity contribution in [3.63, 3.8) is 0 Å². The highest BCUT2D eigenvalue weighted by Crippen LogP contribution is 2.42. The molecule has 2 aromatic carbocycles. The zero-order valence-corrected chi connectivity index (χ0v) is 17.5. The second-order valence-electron chi connectivity index (χ2n) is 7.11. The summed E-state index contributed by atoms with van der Waals surface area (Å²) in [6, 6.07) is 8.67. The van der Waals surface area contributed by atoms with Crippen molar-refractivity contribution in [3.05, 3.63) is 65.0 Å². The van der Waals surface area contributed by atoms with Gasteiger partial charge in [0.15, 0.2) is 11.5 Å². The maximum absolute atomic E-state index is 13.3. The molecule has 0 radical (unpaired) electrons. The Labute approximate surface area is 183 Å². The number of halogens is 1. The van der Waals surface area contributed by atoms with Crippen molar-refractivity contribution in [1.82, 2.24) is 4.90 Å². The SMILES string of the molecule is COc1ccc(C2/C(=C(/O)c3ccc(F)cc3)C(=O)C(=O)N2CCCC(=O)O)cc1OC. The van der Waals surface area contributed by atoms with Crippen molar-refractivity contribution in [2.24, 2.45) is 0 Å². The molecule has 168 valence electrons. The number of aliphatic hydroxyl groups excluding tert-OH is 1. The number of likely N-dealkylation sites (tertiary alicyclic amines) is 1. The third-order valence-corrected chi connectivity index (χ3v) is 5.17. The van der Waals surface area contributed by atoms with Crippen LogP contribution in [-0.4, -0.2) is 53.5 Å². The van der Waals surface area contributed by atoms with E-state index in [-0.39, 0.29) is 30.5 Å². The number of Topliss-reactive ketones (excluding diaryl/α,β-unsaturated/α-hetero) is 1. The summed E-state index contributed by atoms with van der Waals surface area (Å²) in [7, 11) is 2.90. The molecule has 1 amide bonds. The van der Waals surface area contributed by atoms with Crippen molar-refractivity contribution < 1.29 is 38.5 Å². The minimum absolute atomic E-state index is 0.0178. The Morgan fingerprint density at radius 3 is 2.28 bits per heavy atom. The van der Waals surface area contributed by atoms with Crippen LogP contribution in [0, 0.1) is 5.82 Å². The van der Waals surface area contributed by atoms with Gasteiger partial charge in [-0.05, 0) is 48.4 Å². The highest BCUT2D eigenvalue weighted by Gasteiger charge is 2.46. The van der Waals surface area contributed by atoms with Crippen molar-refractivity contribution in [3.8, 4) is 11.5 Å². The van der Waals surface area contributed by atoms with E-state index in [1.54, 1.807) is 18.2 Å². The summed E-state index contributed by atoms with van der Waals surface area (Å²) in [5, 5.41) is 19.8. The van der Waals surface area contributed by atoms with Crippen LogP contribution in [0.5, 0.6) is 11.5 Å². The lowest BCUT2D eigenvalue weighted by Crippen LogP contribution is -2.31. The number of nitrogens with zero attached hydrogens (tertiary/aromatic N) is 1. The summed E-state index contributed by atoms with van der Waals surface area (Å²) < 4.78 is 23.9. The molecular weight excluding hydrogens is 421 g/mol. The number of carbonyl (C=O) groups excluding carboxylic acids is 2. The van der Waals surface area contributed by atoms with Crippen LogP contribution in [0.4, 0.5) is 4.39 Å². The molecule has 0 saturated carbocycles. The number of rotatable bonds is 8. The third kappa shape index (κ3) is 4.41. The molecule has 2 N–H and O–H groups in total. The molecule has 0 aliphatic carbocycles. The van der Waals surface area contributed by atoms with Crippen LogP contribution >= 0.6 is 0 Å². The van der Waals surface area contributed by atoms with Crippen LogP contribution in [-0.2, 0) is 14.4 Å². The van der Waals surface area contributed by atoms with E-state index in [1.807, 2.05) is 0 Å². The molecule has 9 heteroatoms. The van der Waals surface area contributed by atoms with Gasteiger partial charge in [-0.25, -0.2) is 4.39 Å². The maximum atomic E-state index is 13.3. The number of ketones is 1. The largest absolute Gasteiger partial charge is 0.507 e. The standard InChI is InChI=1S/C23H22FNO7/c1-31-16-10-7-14(12-17(16)32-2)20-19(21(28)13-5-8-15(24)9-6-13)22(29)23(30)25(20)11-3-4-18(26)27/h5-10,12,20,28H,3-4,11H2,1-2H3,(H,26,27)/b21-19-. The Balaban J connectivity index is 2.14. The molecule has 1 saturated heterocycles. The summed E-state index contributed by atoms with van der Waals surface area (Å²) >= 11 is 0. The van der Waals surface area contributed by atoms with Gasteiger partial charge in [-0.3, -0.25) is 14.4 Å². The van der Waals surface area contributed by atoms with Crippen molar-refractivity contribution in [2.75, 3.05) is 20.8 Å². The van der Waals surface area contributed by atoms with E-state index in [1.165, 1.54) is 31.3 Å². The molecule has 1 heterocycles. The van der Waals surface area contributed by atoms with E-state index in [0.717, 1.165) is 12.1 Å². The molecule has 1 fully saturated rings. The molecular formula is C23H22FNO7. The number of amides is 1. The molecule has 32 heavy (non-hydrogen) atoms. The number of aliphatic hydroxyl groups is 1. The van der Waals surface area contributed by atoms with E-state index in [9.17, 15) is 23.9 Å². The first-order valence-electron chi connectivity index (χ1n) is 9.76. The number of hydrogen-bond acceptors (Lipinski definition) is 6. The molecule has 8 nitrogen and oxygen atoms in total. The maximum Gasteiger partial charge on any atom is 0.303 e. The lowest BCUT2D eigenvalue weighted by molar-refractivity contribution is -0.140. The fourth-order valence-electron chi connectivity index (χ4n) is 3.64. The van der Waals surface area contributed by atoms with Gasteiger partial charge in [0.05, 0.1) is 25.8 Å². The Morgan fingerprint density at radius 2 is 1.69 bits per heavy atom. The Kier molecular flexibility index (Phi) is 6.77. The number of benzene rings is 2. The van der Waals surface area contributed by atoms with Crippen molar-refractivity contribution in [1.29, 1.82) is 0 Å². The molecule has 0 aromatic heterocycles. The van der Waals surface area contributed by atoms with Gasteiger partial charge in [0.2, 0.25) is 0 Å². The predicted molar refractivity (Wildman–Crippen MR) is 112 cm³/mol. The highest BCUT2D eigenvalue weighted by molar-refractivity contribution is 6.46. The number of ether oxygens (including phenoxy) is 2. The first-order valence-corrected chi connectivity index (χ1v) is 9.76. The van der Waals surface area contributed by atoms with Crippen LogP contribution in [0.2, 0.25) is 0 Å². The van der Waals surface area contributed by atoms with Crippen molar-refractivity contribution in [2.45, 2.75) is 18.9 Å². The monoisotopic (exact) mass is 443 g/mol. The zero-order valence-electron chi connectivity index (χ0n) is 17.5.